The van der Waals surface area contributed by atoms with Crippen LogP contribution in [0.3, 0.4) is 0 Å². The maximum absolute atomic E-state index is 15.1. The van der Waals surface area contributed by atoms with Crippen LogP contribution in [0, 0.1) is 0 Å². The summed E-state index contributed by atoms with van der Waals surface area (Å²) in [5.41, 5.74) is -7.38. The van der Waals surface area contributed by atoms with Crippen LogP contribution in [0.15, 0.2) is 33.5 Å². The summed E-state index contributed by atoms with van der Waals surface area (Å²) in [5.74, 6) is -3.41. The van der Waals surface area contributed by atoms with Crippen molar-refractivity contribution in [1.29, 1.82) is 0 Å². The SMILES string of the molecule is COC(=O)[C@@](O)(c1cc2c(c3oc([C@]4(C)O[C@@H]4C)cc(=O)c13)C(=O)c1c(ccc([C@@H]3C[C@](C)(N(C)C)[C@H](O[C@@H]4C[C@@H](OC)[C@H](O)[C@@H](C)O4)[C@@H](C)O3)c1O)C2=O)[C@@H]1C[C@@H](OC)[C@@H](O)[C@@H](C)O1. The third-order valence-corrected chi connectivity index (χ3v) is 14.8. The number of methoxy groups -OCH3 is 3. The number of epoxide rings is 1. The van der Waals surface area contributed by atoms with E-state index in [0.29, 0.717) is 0 Å². The van der Waals surface area contributed by atoms with Gasteiger partial charge < -0.3 is 67.6 Å². The number of aliphatic hydroxyl groups is 3. The van der Waals surface area contributed by atoms with E-state index in [9.17, 15) is 34.8 Å². The maximum atomic E-state index is 15.1. The average molecular weight is 910 g/mol. The zero-order valence-corrected chi connectivity index (χ0v) is 38.4. The van der Waals surface area contributed by atoms with E-state index in [2.05, 4.69) is 0 Å². The standard InChI is InChI=1S/C47H59NO17/c1-19-37(50)28(57-9)16-32(61-19)47(56,44(55)59-11)26-14-25-35(42-36(26)27(49)15-31(63-42)46(6)22(4)65-46)41(54)34-24(39(25)52)13-12-23(40(34)53)30-18-45(5,48(7)8)43(21(3)60-30)64-33-17-29(58-10)38(51)20(2)62-33/h12-15,19-22,28-30,32-33,37-38,43,50-51,53,56H,16-18H2,1-11H3/t19-,20-,21-,22-,28-,29-,30+,32+,33-,37+,38-,43-,45+,46-,47-/m1/s1. The number of aromatic hydroxyl groups is 1. The highest BCUT2D eigenvalue weighted by atomic mass is 16.7. The first-order valence-electron chi connectivity index (χ1n) is 21.9. The number of carbonyl (C=O) groups excluding carboxylic acids is 3. The number of likely N-dealkylation sites (N-methyl/N-ethyl adjacent to an activating group) is 1. The second-order valence-corrected chi connectivity index (χ2v) is 18.7. The van der Waals surface area contributed by atoms with Crippen LogP contribution in [0.4, 0.5) is 0 Å². The molecule has 0 spiro atoms. The Kier molecular flexibility index (Phi) is 12.3. The molecule has 4 N–H and O–H groups in total. The molecule has 5 aliphatic rings. The molecule has 18 nitrogen and oxygen atoms in total. The number of fused-ring (bicyclic) bond motifs is 4. The van der Waals surface area contributed by atoms with E-state index in [1.807, 2.05) is 32.8 Å². The van der Waals surface area contributed by atoms with Gasteiger partial charge in [-0.25, -0.2) is 4.79 Å². The number of ketones is 2. The van der Waals surface area contributed by atoms with Gasteiger partial charge in [0.2, 0.25) is 11.4 Å². The van der Waals surface area contributed by atoms with Gasteiger partial charge in [-0.2, -0.15) is 0 Å². The summed E-state index contributed by atoms with van der Waals surface area (Å²) in [6.07, 6.45) is -9.32. The molecule has 0 unspecified atom stereocenters. The Morgan fingerprint density at radius 2 is 1.48 bits per heavy atom. The molecule has 0 saturated carbocycles. The van der Waals surface area contributed by atoms with E-state index < -0.39 is 135 Å². The molecule has 65 heavy (non-hydrogen) atoms. The normalized spacial score (nSPS) is 36.8. The third-order valence-electron chi connectivity index (χ3n) is 14.8. The Hall–Kier alpha value is -4.18. The number of phenols is 1. The van der Waals surface area contributed by atoms with Crippen LogP contribution in [0.2, 0.25) is 0 Å². The smallest absolute Gasteiger partial charge is 0.345 e. The Morgan fingerprint density at radius 3 is 2.08 bits per heavy atom. The van der Waals surface area contributed by atoms with E-state index >= 15 is 4.79 Å². The number of hydrogen-bond donors (Lipinski definition) is 4. The molecule has 1 aliphatic carbocycles. The Balaban J connectivity index is 1.24. The minimum atomic E-state index is -2.82. The van der Waals surface area contributed by atoms with Crippen LogP contribution >= 0.6 is 0 Å². The number of nitrogens with zero attached hydrogens (tertiary/aromatic N) is 1. The van der Waals surface area contributed by atoms with Gasteiger partial charge in [-0.05, 0) is 74.2 Å². The second kappa shape index (κ2) is 16.9. The van der Waals surface area contributed by atoms with Crippen LogP contribution in [-0.4, -0.2) is 151 Å². The number of rotatable bonds is 10. The molecule has 4 fully saturated rings. The molecular formula is C47H59NO17. The minimum absolute atomic E-state index is 0.0175. The van der Waals surface area contributed by atoms with Gasteiger partial charge in [-0.15, -0.1) is 0 Å². The molecule has 0 bridgehead atoms. The van der Waals surface area contributed by atoms with Crippen LogP contribution in [0.1, 0.15) is 116 Å². The van der Waals surface area contributed by atoms with Gasteiger partial charge in [0.15, 0.2) is 23.1 Å². The first kappa shape index (κ1) is 47.3. The molecule has 2 aromatic carbocycles. The first-order valence-corrected chi connectivity index (χ1v) is 21.9. The predicted octanol–water partition coefficient (Wildman–Crippen LogP) is 2.89. The molecule has 15 atom stereocenters. The third kappa shape index (κ3) is 7.36. The van der Waals surface area contributed by atoms with Crippen LogP contribution in [-0.2, 0) is 53.9 Å². The highest BCUT2D eigenvalue weighted by molar-refractivity contribution is 6.32. The average Bonchev–Trinajstić information content (AvgIpc) is 3.90. The lowest BCUT2D eigenvalue weighted by atomic mass is 9.75. The largest absolute Gasteiger partial charge is 0.507 e. The molecule has 4 aliphatic heterocycles. The first-order chi connectivity index (χ1) is 30.6. The van der Waals surface area contributed by atoms with Crippen LogP contribution < -0.4 is 5.43 Å². The second-order valence-electron chi connectivity index (χ2n) is 18.7. The molecule has 0 amide bonds. The van der Waals surface area contributed by atoms with Crippen molar-refractivity contribution >= 4 is 28.5 Å². The highest BCUT2D eigenvalue weighted by Crippen LogP contribution is 2.50. The van der Waals surface area contributed by atoms with Crippen molar-refractivity contribution in [1.82, 2.24) is 4.90 Å². The van der Waals surface area contributed by atoms with Crippen molar-refractivity contribution in [3.63, 3.8) is 0 Å². The van der Waals surface area contributed by atoms with E-state index in [1.54, 1.807) is 20.8 Å². The topological polar surface area (TPSA) is 243 Å². The summed E-state index contributed by atoms with van der Waals surface area (Å²) in [4.78, 5) is 60.4. The van der Waals surface area contributed by atoms with Gasteiger partial charge in [0, 0.05) is 60.9 Å². The number of esters is 1. The number of benzene rings is 2. The Morgan fingerprint density at radius 1 is 0.846 bits per heavy atom. The molecule has 1 aromatic heterocycles. The lowest BCUT2D eigenvalue weighted by molar-refractivity contribution is -0.300. The predicted molar refractivity (Wildman–Crippen MR) is 228 cm³/mol. The number of phenolic OH excluding ortho intramolecular Hbond substituents is 1. The fourth-order valence-electron chi connectivity index (χ4n) is 10.3. The van der Waals surface area contributed by atoms with Crippen molar-refractivity contribution < 1.29 is 77.1 Å². The maximum Gasteiger partial charge on any atom is 0.345 e. The van der Waals surface area contributed by atoms with Gasteiger partial charge in [0.25, 0.3) is 0 Å². The highest BCUT2D eigenvalue weighted by Gasteiger charge is 2.57. The van der Waals surface area contributed by atoms with E-state index in [1.165, 1.54) is 33.3 Å². The number of ether oxygens (including phenoxy) is 8. The van der Waals surface area contributed by atoms with Crippen LogP contribution in [0.25, 0.3) is 11.0 Å². The summed E-state index contributed by atoms with van der Waals surface area (Å²) in [7, 11) is 7.67. The summed E-state index contributed by atoms with van der Waals surface area (Å²) < 4.78 is 53.6. The molecule has 18 heteroatoms. The molecular weight excluding hydrogens is 851 g/mol. The fraction of sp³-hybridized carbons (Fsp3) is 0.617. The Labute approximate surface area is 375 Å². The number of aliphatic hydroxyl groups excluding tert-OH is 2. The van der Waals surface area contributed by atoms with E-state index in [4.69, 9.17) is 42.3 Å². The van der Waals surface area contributed by atoms with Crippen molar-refractivity contribution in [2.45, 2.75) is 151 Å². The molecule has 0 radical (unpaired) electrons. The van der Waals surface area contributed by atoms with Crippen molar-refractivity contribution in [3.8, 4) is 5.75 Å². The fourth-order valence-corrected chi connectivity index (χ4v) is 10.3. The van der Waals surface area contributed by atoms with E-state index in [-0.39, 0.29) is 52.8 Å². The Bertz CT molecular complexity index is 2470. The van der Waals surface area contributed by atoms with Crippen molar-refractivity contribution in [3.05, 3.63) is 73.6 Å². The number of carbonyl (C=O) groups is 3. The zero-order chi connectivity index (χ0) is 47.4. The summed E-state index contributed by atoms with van der Waals surface area (Å²) in [6.45, 7) is 10.5. The summed E-state index contributed by atoms with van der Waals surface area (Å²) >= 11 is 0. The number of hydrogen-bond acceptors (Lipinski definition) is 18. The lowest BCUT2D eigenvalue weighted by Crippen LogP contribution is -2.62. The minimum Gasteiger partial charge on any atom is -0.507 e. The van der Waals surface area contributed by atoms with E-state index in [0.717, 1.165) is 19.2 Å². The van der Waals surface area contributed by atoms with Gasteiger partial charge in [0.1, 0.15) is 41.5 Å². The van der Waals surface area contributed by atoms with Gasteiger partial charge in [-0.3, -0.25) is 14.4 Å². The summed E-state index contributed by atoms with van der Waals surface area (Å²) in [6, 6.07) is 5.16. The van der Waals surface area contributed by atoms with Crippen LogP contribution in [0.5, 0.6) is 5.75 Å². The molecule has 354 valence electrons. The van der Waals surface area contributed by atoms with Gasteiger partial charge in [-0.1, -0.05) is 6.07 Å². The molecule has 4 saturated heterocycles. The zero-order valence-electron chi connectivity index (χ0n) is 38.4. The molecule has 5 heterocycles. The monoisotopic (exact) mass is 909 g/mol. The quantitative estimate of drug-likeness (QED) is 0.132. The van der Waals surface area contributed by atoms with Gasteiger partial charge in [0.05, 0.1) is 66.4 Å². The lowest BCUT2D eigenvalue weighted by Gasteiger charge is -2.52. The molecule has 3 aromatic rings. The van der Waals surface area contributed by atoms with Crippen molar-refractivity contribution in [2.75, 3.05) is 35.4 Å². The van der Waals surface area contributed by atoms with Crippen molar-refractivity contribution in [2.24, 2.45) is 0 Å². The summed E-state index contributed by atoms with van der Waals surface area (Å²) in [5, 5.41) is 45.9. The van der Waals surface area contributed by atoms with Gasteiger partial charge >= 0.3 is 5.97 Å². The molecule has 8 rings (SSSR count).